The Balaban J connectivity index is 1.24. The van der Waals surface area contributed by atoms with Gasteiger partial charge in [-0.15, -0.1) is 0 Å². The Hall–Kier alpha value is -3.63. The number of nitrogens with one attached hydrogen (secondary N) is 2. The maximum absolute atomic E-state index is 13.5. The molecule has 2 amide bonds. The zero-order valence-electron chi connectivity index (χ0n) is 24.6. The van der Waals surface area contributed by atoms with E-state index in [1.165, 1.54) is 0 Å². The number of rotatable bonds is 8. The number of aryl methyl sites for hydroxylation is 1. The van der Waals surface area contributed by atoms with Gasteiger partial charge in [-0.25, -0.2) is 4.79 Å². The van der Waals surface area contributed by atoms with Crippen LogP contribution in [-0.4, -0.2) is 96.5 Å². The summed E-state index contributed by atoms with van der Waals surface area (Å²) in [7, 11) is 5.76. The number of para-hydroxylation sites is 1. The van der Waals surface area contributed by atoms with Crippen molar-refractivity contribution in [2.24, 2.45) is 5.92 Å². The molecule has 220 valence electrons. The molecule has 5 rings (SSSR count). The molecule has 1 aliphatic heterocycles. The summed E-state index contributed by atoms with van der Waals surface area (Å²) < 4.78 is 7.17. The molecule has 1 aromatic heterocycles. The largest absolute Gasteiger partial charge is 0.496 e. The number of methoxy groups -OCH3 is 1. The van der Waals surface area contributed by atoms with Crippen molar-refractivity contribution >= 4 is 28.5 Å². The summed E-state index contributed by atoms with van der Waals surface area (Å²) in [6, 6.07) is 11.2. The molecule has 2 heterocycles. The first-order valence-electron chi connectivity index (χ1n) is 14.6. The minimum Gasteiger partial charge on any atom is -0.496 e. The van der Waals surface area contributed by atoms with Crippen molar-refractivity contribution in [1.29, 1.82) is 0 Å². The lowest BCUT2D eigenvalue weighted by molar-refractivity contribution is -0.121. The van der Waals surface area contributed by atoms with Crippen LogP contribution in [0.1, 0.15) is 47.6 Å². The van der Waals surface area contributed by atoms with E-state index in [4.69, 9.17) is 4.74 Å². The summed E-state index contributed by atoms with van der Waals surface area (Å²) in [6.07, 6.45) is 2.81. The molecule has 2 fully saturated rings. The summed E-state index contributed by atoms with van der Waals surface area (Å²) in [5.41, 5.74) is 3.43. The maximum atomic E-state index is 13.5. The first kappa shape index (κ1) is 28.9. The van der Waals surface area contributed by atoms with Crippen LogP contribution in [0.4, 0.5) is 5.69 Å². The van der Waals surface area contributed by atoms with Crippen molar-refractivity contribution < 1.29 is 14.3 Å². The van der Waals surface area contributed by atoms with Gasteiger partial charge in [0.2, 0.25) is 5.91 Å². The van der Waals surface area contributed by atoms with Gasteiger partial charge in [-0.05, 0) is 70.5 Å². The summed E-state index contributed by atoms with van der Waals surface area (Å²) in [5, 5.41) is 3.03. The zero-order chi connectivity index (χ0) is 29.1. The number of aromatic nitrogens is 2. The number of ether oxygens (including phenoxy) is 1. The molecule has 41 heavy (non-hydrogen) atoms. The predicted octanol–water partition coefficient (Wildman–Crippen LogP) is 3.34. The minimum atomic E-state index is -0.201. The number of nitrogens with zero attached hydrogens (tertiary/aromatic N) is 4. The van der Waals surface area contributed by atoms with Crippen LogP contribution in [-0.2, 0) is 4.79 Å². The van der Waals surface area contributed by atoms with Crippen LogP contribution in [0.2, 0.25) is 0 Å². The second-order valence-corrected chi connectivity index (χ2v) is 11.6. The molecule has 1 saturated carbocycles. The number of carbonyl (C=O) groups is 2. The Labute approximate surface area is 241 Å². The molecule has 0 atom stereocenters. The van der Waals surface area contributed by atoms with Crippen LogP contribution in [0.5, 0.6) is 5.75 Å². The van der Waals surface area contributed by atoms with Crippen molar-refractivity contribution in [2.45, 2.75) is 38.6 Å². The van der Waals surface area contributed by atoms with E-state index < -0.39 is 0 Å². The number of hydrogen-bond donors (Lipinski definition) is 2. The number of H-pyrrole nitrogens is 1. The quantitative estimate of drug-likeness (QED) is 0.437. The lowest BCUT2D eigenvalue weighted by Crippen LogP contribution is -2.50. The van der Waals surface area contributed by atoms with Crippen LogP contribution in [0, 0.1) is 12.8 Å². The van der Waals surface area contributed by atoms with Crippen molar-refractivity contribution in [3.8, 4) is 5.75 Å². The van der Waals surface area contributed by atoms with Crippen molar-refractivity contribution in [2.75, 3.05) is 65.8 Å². The van der Waals surface area contributed by atoms with Gasteiger partial charge in [0.1, 0.15) is 5.75 Å². The third-order valence-corrected chi connectivity index (χ3v) is 8.61. The average Bonchev–Trinajstić information content (AvgIpc) is 3.32. The van der Waals surface area contributed by atoms with E-state index in [1.807, 2.05) is 48.2 Å². The summed E-state index contributed by atoms with van der Waals surface area (Å²) in [4.78, 5) is 49.2. The molecule has 0 unspecified atom stereocenters. The molecule has 0 spiro atoms. The lowest BCUT2D eigenvalue weighted by Gasteiger charge is -2.35. The van der Waals surface area contributed by atoms with Gasteiger partial charge in [0.05, 0.1) is 23.7 Å². The topological polar surface area (TPSA) is 103 Å². The van der Waals surface area contributed by atoms with E-state index >= 15 is 0 Å². The Bertz CT molecular complexity index is 1440. The number of carbonyl (C=O) groups excluding carboxylic acids is 2. The normalized spacial score (nSPS) is 20.0. The number of fused-ring (bicyclic) bond motifs is 1. The van der Waals surface area contributed by atoms with Gasteiger partial charge in [-0.3, -0.25) is 19.1 Å². The highest BCUT2D eigenvalue weighted by Gasteiger charge is 2.30. The van der Waals surface area contributed by atoms with Gasteiger partial charge in [0.25, 0.3) is 5.91 Å². The van der Waals surface area contributed by atoms with Crippen molar-refractivity contribution in [1.82, 2.24) is 24.3 Å². The monoisotopic (exact) mass is 562 g/mol. The first-order chi connectivity index (χ1) is 19.7. The van der Waals surface area contributed by atoms with Gasteiger partial charge < -0.3 is 24.8 Å². The molecule has 10 nitrogen and oxygen atoms in total. The van der Waals surface area contributed by atoms with Gasteiger partial charge in [-0.1, -0.05) is 12.1 Å². The predicted molar refractivity (Wildman–Crippen MR) is 161 cm³/mol. The summed E-state index contributed by atoms with van der Waals surface area (Å²) >= 11 is 0. The second-order valence-electron chi connectivity index (χ2n) is 11.6. The van der Waals surface area contributed by atoms with Crippen LogP contribution in [0.25, 0.3) is 11.0 Å². The van der Waals surface area contributed by atoms with Crippen molar-refractivity contribution in [3.63, 3.8) is 0 Å². The van der Waals surface area contributed by atoms with Crippen LogP contribution in [0.15, 0.2) is 41.2 Å². The number of likely N-dealkylation sites (N-methyl/N-ethyl adjacent to an activating group) is 1. The van der Waals surface area contributed by atoms with E-state index in [9.17, 15) is 14.4 Å². The lowest BCUT2D eigenvalue weighted by atomic mass is 9.85. The Kier molecular flexibility index (Phi) is 8.79. The molecule has 0 bridgehead atoms. The summed E-state index contributed by atoms with van der Waals surface area (Å²) in [5.74, 6) is 0.582. The van der Waals surface area contributed by atoms with E-state index in [0.29, 0.717) is 37.0 Å². The highest BCUT2D eigenvalue weighted by molar-refractivity contribution is 6.05. The molecule has 10 heteroatoms. The fourth-order valence-corrected chi connectivity index (χ4v) is 6.11. The fourth-order valence-electron chi connectivity index (χ4n) is 6.11. The Morgan fingerprint density at radius 2 is 1.78 bits per heavy atom. The second kappa shape index (κ2) is 12.5. The van der Waals surface area contributed by atoms with Crippen LogP contribution < -0.4 is 15.7 Å². The standard InChI is InChI=1S/C31H42N6O4/c1-21-8-11-23(20-27(21)41-4)32-29(38)22-9-12-24(13-10-22)37-26-7-5-6-25(28(26)33-31(37)40)30(39)36-18-16-35(17-19-36)15-14-34(2)3/h5-8,11,20,22,24H,9-10,12-19H2,1-4H3,(H,32,38)(H,33,40). The van der Waals surface area contributed by atoms with Gasteiger partial charge >= 0.3 is 5.69 Å². The third-order valence-electron chi connectivity index (χ3n) is 8.61. The Morgan fingerprint density at radius 1 is 1.05 bits per heavy atom. The molecular weight excluding hydrogens is 520 g/mol. The number of benzene rings is 2. The molecule has 2 N–H and O–H groups in total. The maximum Gasteiger partial charge on any atom is 0.326 e. The molecule has 2 aromatic carbocycles. The molecule has 2 aliphatic rings. The number of imidazole rings is 1. The molecular formula is C31H42N6O4. The van der Waals surface area contributed by atoms with E-state index in [0.717, 1.165) is 61.5 Å². The van der Waals surface area contributed by atoms with E-state index in [-0.39, 0.29) is 29.5 Å². The summed E-state index contributed by atoms with van der Waals surface area (Å²) in [6.45, 7) is 7.00. The molecule has 1 aliphatic carbocycles. The number of hydrogen-bond acceptors (Lipinski definition) is 6. The van der Waals surface area contributed by atoms with Gasteiger partial charge in [0.15, 0.2) is 0 Å². The Morgan fingerprint density at radius 3 is 2.46 bits per heavy atom. The minimum absolute atomic E-state index is 0.00433. The third kappa shape index (κ3) is 6.33. The van der Waals surface area contributed by atoms with E-state index in [1.54, 1.807) is 11.7 Å². The number of amides is 2. The van der Waals surface area contributed by atoms with Crippen molar-refractivity contribution in [3.05, 3.63) is 58.0 Å². The molecule has 3 aromatic rings. The smallest absolute Gasteiger partial charge is 0.326 e. The molecule has 1 saturated heterocycles. The first-order valence-corrected chi connectivity index (χ1v) is 14.6. The highest BCUT2D eigenvalue weighted by atomic mass is 16.5. The highest BCUT2D eigenvalue weighted by Crippen LogP contribution is 2.34. The number of anilines is 1. The van der Waals surface area contributed by atoms with Crippen LogP contribution in [0.3, 0.4) is 0 Å². The molecule has 0 radical (unpaired) electrons. The van der Waals surface area contributed by atoms with Gasteiger partial charge in [0, 0.05) is 63.0 Å². The zero-order valence-corrected chi connectivity index (χ0v) is 24.6. The van der Waals surface area contributed by atoms with Crippen LogP contribution >= 0.6 is 0 Å². The SMILES string of the molecule is COc1cc(NC(=O)C2CCC(n3c(=O)[nH]c4c(C(=O)N5CCN(CCN(C)C)CC5)cccc43)CC2)ccc1C. The fraction of sp³-hybridized carbons (Fsp3) is 0.516. The number of piperazine rings is 1. The number of aromatic amines is 1. The average molecular weight is 563 g/mol. The van der Waals surface area contributed by atoms with Gasteiger partial charge in [-0.2, -0.15) is 0 Å². The van der Waals surface area contributed by atoms with E-state index in [2.05, 4.69) is 34.2 Å².